The summed E-state index contributed by atoms with van der Waals surface area (Å²) in [7, 11) is 4.69. The largest absolute Gasteiger partial charge is 1.00 e. The van der Waals surface area contributed by atoms with Crippen LogP contribution in [0.5, 0.6) is 0 Å². The Labute approximate surface area is 82.9 Å². The zero-order valence-electron chi connectivity index (χ0n) is 8.78. The number of quaternary nitrogens is 1. The third kappa shape index (κ3) is 2.24. The van der Waals surface area contributed by atoms with E-state index in [9.17, 15) is 0 Å². The van der Waals surface area contributed by atoms with Crippen molar-refractivity contribution in [2.45, 2.75) is 38.6 Å². The fraction of sp³-hybridized carbons (Fsp3) is 1.00. The van der Waals surface area contributed by atoms with Crippen LogP contribution < -0.4 is 18.9 Å². The zero-order valence-corrected chi connectivity index (χ0v) is 8.78. The topological polar surface area (TPSA) is 0 Å². The number of hydrogen-bond acceptors (Lipinski definition) is 0. The molecule has 0 bridgehead atoms. The number of piperidine rings is 1. The van der Waals surface area contributed by atoms with Crippen molar-refractivity contribution in [2.24, 2.45) is 0 Å². The molecule has 2 heteroatoms. The van der Waals surface area contributed by atoms with E-state index in [1.807, 2.05) is 0 Å². The second-order valence-corrected chi connectivity index (χ2v) is 4.68. The van der Waals surface area contributed by atoms with E-state index in [4.69, 9.17) is 0 Å². The maximum Gasteiger partial charge on any atom is 1.00 e. The van der Waals surface area contributed by atoms with Gasteiger partial charge in [-0.1, -0.05) is 0 Å². The summed E-state index contributed by atoms with van der Waals surface area (Å²) in [6.45, 7) is 6.12. The summed E-state index contributed by atoms with van der Waals surface area (Å²) in [5.74, 6) is 0. The van der Waals surface area contributed by atoms with Gasteiger partial charge in [0.1, 0.15) is 0 Å². The molecule has 0 unspecified atom stereocenters. The Balaban J connectivity index is 0.000001000. The Bertz CT molecular complexity index is 114. The average Bonchev–Trinajstić information content (AvgIpc) is 1.77. The van der Waals surface area contributed by atoms with Crippen LogP contribution in [0.2, 0.25) is 0 Å². The van der Waals surface area contributed by atoms with E-state index in [2.05, 4.69) is 27.9 Å². The number of nitrogens with zero attached hydrogens (tertiary/aromatic N) is 1. The molecule has 60 valence electrons. The van der Waals surface area contributed by atoms with Crippen molar-refractivity contribution in [3.8, 4) is 0 Å². The summed E-state index contributed by atoms with van der Waals surface area (Å²) in [6.07, 6.45) is 4.23. The van der Waals surface area contributed by atoms with Crippen LogP contribution in [-0.2, 0) is 0 Å². The molecule has 1 saturated heterocycles. The van der Waals surface area contributed by atoms with Crippen LogP contribution in [-0.4, -0.2) is 30.7 Å². The minimum Gasteiger partial charge on any atom is -0.324 e. The van der Waals surface area contributed by atoms with Crippen LogP contribution in [0.15, 0.2) is 0 Å². The first-order chi connectivity index (χ1) is 4.46. The van der Waals surface area contributed by atoms with E-state index in [1.165, 1.54) is 30.3 Å². The van der Waals surface area contributed by atoms with E-state index in [0.29, 0.717) is 5.54 Å². The van der Waals surface area contributed by atoms with Crippen molar-refractivity contribution in [1.29, 1.82) is 0 Å². The van der Waals surface area contributed by atoms with Gasteiger partial charge in [-0.3, -0.25) is 0 Å². The van der Waals surface area contributed by atoms with Crippen molar-refractivity contribution in [2.75, 3.05) is 20.6 Å². The fourth-order valence-corrected chi connectivity index (χ4v) is 1.67. The van der Waals surface area contributed by atoms with Gasteiger partial charge in [0.2, 0.25) is 0 Å². The van der Waals surface area contributed by atoms with Gasteiger partial charge >= 0.3 is 18.9 Å². The summed E-state index contributed by atoms with van der Waals surface area (Å²) < 4.78 is 1.20. The van der Waals surface area contributed by atoms with Crippen molar-refractivity contribution >= 4 is 0 Å². The van der Waals surface area contributed by atoms with Gasteiger partial charge < -0.3 is 4.48 Å². The Morgan fingerprint density at radius 1 is 1.09 bits per heavy atom. The molecule has 0 atom stereocenters. The van der Waals surface area contributed by atoms with E-state index < -0.39 is 0 Å². The summed E-state index contributed by atoms with van der Waals surface area (Å²) >= 11 is 0. The van der Waals surface area contributed by atoms with Crippen LogP contribution in [0.1, 0.15) is 33.1 Å². The molecule has 0 aromatic carbocycles. The SMILES string of the molecule is CC1(C)CCCC[N+]1(C)C.[Li+]. The monoisotopic (exact) mass is 149 g/mol. The molecule has 0 spiro atoms. The summed E-state index contributed by atoms with van der Waals surface area (Å²) in [6, 6.07) is 0. The molecule has 0 N–H and O–H groups in total. The Morgan fingerprint density at radius 2 is 1.64 bits per heavy atom. The molecule has 1 rings (SSSR count). The van der Waals surface area contributed by atoms with Crippen LogP contribution >= 0.6 is 0 Å². The zero-order chi connectivity index (χ0) is 7.83. The van der Waals surface area contributed by atoms with Crippen molar-refractivity contribution in [3.63, 3.8) is 0 Å². The van der Waals surface area contributed by atoms with Crippen LogP contribution in [0.3, 0.4) is 0 Å². The van der Waals surface area contributed by atoms with Gasteiger partial charge in [0.05, 0.1) is 26.2 Å². The first kappa shape index (κ1) is 11.6. The standard InChI is InChI=1S/C9H20N.Li/c1-9(2)7-5-6-8-10(9,3)4;/h5-8H2,1-4H3;/q2*+1. The Morgan fingerprint density at radius 3 is 1.91 bits per heavy atom. The molecule has 11 heavy (non-hydrogen) atoms. The molecule has 0 amide bonds. The van der Waals surface area contributed by atoms with Crippen LogP contribution in [0, 0.1) is 0 Å². The quantitative estimate of drug-likeness (QED) is 0.307. The Kier molecular flexibility index (Phi) is 3.70. The van der Waals surface area contributed by atoms with Gasteiger partial charge in [-0.15, -0.1) is 0 Å². The van der Waals surface area contributed by atoms with Crippen molar-refractivity contribution in [3.05, 3.63) is 0 Å². The van der Waals surface area contributed by atoms with E-state index in [-0.39, 0.29) is 18.9 Å². The Hall–Kier alpha value is 0.557. The van der Waals surface area contributed by atoms with E-state index in [0.717, 1.165) is 0 Å². The molecule has 0 saturated carbocycles. The van der Waals surface area contributed by atoms with Gasteiger partial charge in [-0.2, -0.15) is 0 Å². The molecule has 1 aliphatic rings. The van der Waals surface area contributed by atoms with Gasteiger partial charge in [0, 0.05) is 6.42 Å². The van der Waals surface area contributed by atoms with Crippen LogP contribution in [0.4, 0.5) is 0 Å². The number of likely N-dealkylation sites (tertiary alicyclic amines) is 1. The number of rotatable bonds is 0. The first-order valence-electron chi connectivity index (χ1n) is 4.29. The van der Waals surface area contributed by atoms with Crippen molar-refractivity contribution < 1.29 is 23.3 Å². The molecule has 1 nitrogen and oxygen atoms in total. The second-order valence-electron chi connectivity index (χ2n) is 4.68. The number of hydrogen-bond donors (Lipinski definition) is 0. The van der Waals surface area contributed by atoms with Gasteiger partial charge in [-0.05, 0) is 26.7 Å². The predicted molar refractivity (Wildman–Crippen MR) is 44.9 cm³/mol. The average molecular weight is 149 g/mol. The predicted octanol–water partition coefficient (Wildman–Crippen LogP) is -0.971. The smallest absolute Gasteiger partial charge is 0.324 e. The van der Waals surface area contributed by atoms with Crippen LogP contribution in [0.25, 0.3) is 0 Å². The third-order valence-electron chi connectivity index (χ3n) is 3.39. The van der Waals surface area contributed by atoms with Gasteiger partial charge in [0.25, 0.3) is 0 Å². The molecule has 1 fully saturated rings. The molecule has 0 radical (unpaired) electrons. The summed E-state index contributed by atoms with van der Waals surface area (Å²) in [5, 5.41) is 0. The molecule has 0 aromatic heterocycles. The molecular weight excluding hydrogens is 129 g/mol. The second kappa shape index (κ2) is 3.52. The normalized spacial score (nSPS) is 27.3. The maximum atomic E-state index is 2.38. The maximum absolute atomic E-state index is 2.38. The first-order valence-corrected chi connectivity index (χ1v) is 4.29. The van der Waals surface area contributed by atoms with E-state index >= 15 is 0 Å². The van der Waals surface area contributed by atoms with Gasteiger partial charge in [0.15, 0.2) is 0 Å². The molecular formula is C9H20LiN+2. The molecule has 1 heterocycles. The molecule has 0 aromatic rings. The summed E-state index contributed by atoms with van der Waals surface area (Å²) in [5.41, 5.74) is 0.512. The molecule has 1 aliphatic heterocycles. The fourth-order valence-electron chi connectivity index (χ4n) is 1.67. The van der Waals surface area contributed by atoms with Gasteiger partial charge in [-0.25, -0.2) is 0 Å². The minimum absolute atomic E-state index is 0. The van der Waals surface area contributed by atoms with E-state index in [1.54, 1.807) is 0 Å². The minimum atomic E-state index is 0. The summed E-state index contributed by atoms with van der Waals surface area (Å²) in [4.78, 5) is 0. The molecule has 0 aliphatic carbocycles. The van der Waals surface area contributed by atoms with Crippen molar-refractivity contribution in [1.82, 2.24) is 0 Å². The third-order valence-corrected chi connectivity index (χ3v) is 3.39.